The summed E-state index contributed by atoms with van der Waals surface area (Å²) in [7, 11) is 0. The molecule has 13 heavy (non-hydrogen) atoms. The van der Waals surface area contributed by atoms with Gasteiger partial charge in [0.1, 0.15) is 11.6 Å². The van der Waals surface area contributed by atoms with Crippen molar-refractivity contribution in [3.63, 3.8) is 0 Å². The number of hydrogen-bond donors (Lipinski definition) is 1. The Balaban J connectivity index is 3.25. The quantitative estimate of drug-likeness (QED) is 0.482. The largest absolute Gasteiger partial charge is 0.396 e. The molecule has 0 atom stereocenters. The molecule has 4 heteroatoms. The van der Waals surface area contributed by atoms with E-state index >= 15 is 0 Å². The highest BCUT2D eigenvalue weighted by Gasteiger charge is 2.04. The molecule has 64 valence electrons. The van der Waals surface area contributed by atoms with Crippen molar-refractivity contribution in [2.45, 2.75) is 0 Å². The Kier molecular flexibility index (Phi) is 2.47. The first kappa shape index (κ1) is 9.02. The first-order valence-electron chi connectivity index (χ1n) is 3.29. The zero-order valence-electron chi connectivity index (χ0n) is 6.44. The van der Waals surface area contributed by atoms with Crippen LogP contribution < -0.4 is 5.73 Å². The van der Waals surface area contributed by atoms with Crippen LogP contribution in [0.5, 0.6) is 0 Å². The minimum atomic E-state index is -0.833. The summed E-state index contributed by atoms with van der Waals surface area (Å²) < 4.78 is 25.4. The summed E-state index contributed by atoms with van der Waals surface area (Å²) in [6.45, 7) is 0. The summed E-state index contributed by atoms with van der Waals surface area (Å²) in [5, 5.41) is 8.09. The topological polar surface area (TPSA) is 49.8 Å². The van der Waals surface area contributed by atoms with Gasteiger partial charge in [-0.05, 0) is 12.0 Å². The molecule has 0 aliphatic heterocycles. The van der Waals surface area contributed by atoms with Crippen molar-refractivity contribution in [3.8, 4) is 17.9 Å². The SMILES string of the molecule is N#CC#Cc1cc(N)c(F)cc1F. The number of nitrogens with zero attached hydrogens (tertiary/aromatic N) is 1. The highest BCUT2D eigenvalue weighted by atomic mass is 19.1. The van der Waals surface area contributed by atoms with Crippen molar-refractivity contribution in [1.82, 2.24) is 0 Å². The second-order valence-electron chi connectivity index (χ2n) is 2.22. The Bertz CT molecular complexity index is 435. The molecule has 0 aliphatic rings. The highest BCUT2D eigenvalue weighted by Crippen LogP contribution is 2.15. The zero-order chi connectivity index (χ0) is 9.84. The monoisotopic (exact) mass is 178 g/mol. The Morgan fingerprint density at radius 1 is 1.23 bits per heavy atom. The predicted molar refractivity (Wildman–Crippen MR) is 43.3 cm³/mol. The second-order valence-corrected chi connectivity index (χ2v) is 2.22. The Morgan fingerprint density at radius 2 is 1.92 bits per heavy atom. The number of nitrogens with two attached hydrogens (primary N) is 1. The number of rotatable bonds is 0. The van der Waals surface area contributed by atoms with Gasteiger partial charge < -0.3 is 5.73 Å². The molecule has 0 radical (unpaired) electrons. The zero-order valence-corrected chi connectivity index (χ0v) is 6.44. The molecule has 0 spiro atoms. The Labute approximate surface area is 73.6 Å². The molecule has 0 aliphatic carbocycles. The third kappa shape index (κ3) is 1.94. The van der Waals surface area contributed by atoms with E-state index in [0.29, 0.717) is 6.07 Å². The van der Waals surface area contributed by atoms with E-state index in [9.17, 15) is 8.78 Å². The maximum Gasteiger partial charge on any atom is 0.152 e. The summed E-state index contributed by atoms with van der Waals surface area (Å²) in [6, 6.07) is 3.20. The van der Waals surface area contributed by atoms with E-state index in [4.69, 9.17) is 11.0 Å². The van der Waals surface area contributed by atoms with Gasteiger partial charge in [0.05, 0.1) is 11.3 Å². The number of halogens is 2. The molecule has 0 saturated carbocycles. The van der Waals surface area contributed by atoms with Gasteiger partial charge in [-0.25, -0.2) is 8.78 Å². The van der Waals surface area contributed by atoms with Gasteiger partial charge in [0, 0.05) is 12.0 Å². The summed E-state index contributed by atoms with van der Waals surface area (Å²) in [5.41, 5.74) is 4.89. The van der Waals surface area contributed by atoms with Crippen molar-refractivity contribution in [2.24, 2.45) is 0 Å². The van der Waals surface area contributed by atoms with Gasteiger partial charge in [-0.3, -0.25) is 0 Å². The molecular formula is C9H4F2N2. The van der Waals surface area contributed by atoms with Crippen LogP contribution in [-0.2, 0) is 0 Å². The van der Waals surface area contributed by atoms with E-state index in [1.807, 2.05) is 5.92 Å². The van der Waals surface area contributed by atoms with Crippen LogP contribution in [0.3, 0.4) is 0 Å². The van der Waals surface area contributed by atoms with Crippen LogP contribution in [0.1, 0.15) is 5.56 Å². The van der Waals surface area contributed by atoms with E-state index in [-0.39, 0.29) is 11.3 Å². The smallest absolute Gasteiger partial charge is 0.152 e. The van der Waals surface area contributed by atoms with Crippen molar-refractivity contribution >= 4 is 5.69 Å². The number of benzene rings is 1. The fourth-order valence-corrected chi connectivity index (χ4v) is 0.757. The van der Waals surface area contributed by atoms with E-state index < -0.39 is 11.6 Å². The molecule has 0 heterocycles. The summed E-state index contributed by atoms with van der Waals surface area (Å²) in [5.74, 6) is 2.53. The number of nitriles is 1. The van der Waals surface area contributed by atoms with Gasteiger partial charge in [0.15, 0.2) is 6.07 Å². The van der Waals surface area contributed by atoms with Crippen LogP contribution in [0.2, 0.25) is 0 Å². The molecule has 0 amide bonds. The maximum atomic E-state index is 12.8. The summed E-state index contributed by atoms with van der Waals surface area (Å²) in [6.07, 6.45) is 0. The summed E-state index contributed by atoms with van der Waals surface area (Å²) in [4.78, 5) is 0. The third-order valence-corrected chi connectivity index (χ3v) is 1.34. The fourth-order valence-electron chi connectivity index (χ4n) is 0.757. The number of nitrogen functional groups attached to an aromatic ring is 1. The first-order valence-corrected chi connectivity index (χ1v) is 3.29. The predicted octanol–water partition coefficient (Wildman–Crippen LogP) is 1.42. The van der Waals surface area contributed by atoms with Gasteiger partial charge in [0.25, 0.3) is 0 Å². The lowest BCUT2D eigenvalue weighted by Crippen LogP contribution is -1.94. The van der Waals surface area contributed by atoms with E-state index in [0.717, 1.165) is 6.07 Å². The Morgan fingerprint density at radius 3 is 2.54 bits per heavy atom. The molecular weight excluding hydrogens is 174 g/mol. The third-order valence-electron chi connectivity index (χ3n) is 1.34. The lowest BCUT2D eigenvalue weighted by Gasteiger charge is -1.98. The molecule has 1 rings (SSSR count). The van der Waals surface area contributed by atoms with Crippen molar-refractivity contribution in [3.05, 3.63) is 29.3 Å². The molecule has 0 unspecified atom stereocenters. The van der Waals surface area contributed by atoms with Crippen LogP contribution in [0, 0.1) is 34.8 Å². The van der Waals surface area contributed by atoms with Crippen LogP contribution in [0.25, 0.3) is 0 Å². The van der Waals surface area contributed by atoms with Crippen LogP contribution in [0.4, 0.5) is 14.5 Å². The molecule has 0 aromatic heterocycles. The van der Waals surface area contributed by atoms with Crippen LogP contribution in [0.15, 0.2) is 12.1 Å². The van der Waals surface area contributed by atoms with Crippen LogP contribution >= 0.6 is 0 Å². The lowest BCUT2D eigenvalue weighted by atomic mass is 10.2. The van der Waals surface area contributed by atoms with E-state index in [1.54, 1.807) is 0 Å². The average molecular weight is 178 g/mol. The number of hydrogen-bond acceptors (Lipinski definition) is 2. The number of anilines is 1. The normalized spacial score (nSPS) is 8.38. The van der Waals surface area contributed by atoms with Gasteiger partial charge in [-0.1, -0.05) is 0 Å². The molecule has 0 fully saturated rings. The second kappa shape index (κ2) is 3.55. The summed E-state index contributed by atoms with van der Waals surface area (Å²) >= 11 is 0. The van der Waals surface area contributed by atoms with E-state index in [2.05, 4.69) is 5.92 Å². The van der Waals surface area contributed by atoms with Gasteiger partial charge in [-0.15, -0.1) is 0 Å². The van der Waals surface area contributed by atoms with Gasteiger partial charge >= 0.3 is 0 Å². The lowest BCUT2D eigenvalue weighted by molar-refractivity contribution is 0.584. The fraction of sp³-hybridized carbons (Fsp3) is 0. The van der Waals surface area contributed by atoms with Gasteiger partial charge in [0.2, 0.25) is 0 Å². The minimum Gasteiger partial charge on any atom is -0.396 e. The van der Waals surface area contributed by atoms with Gasteiger partial charge in [-0.2, -0.15) is 5.26 Å². The van der Waals surface area contributed by atoms with Crippen molar-refractivity contribution in [1.29, 1.82) is 5.26 Å². The van der Waals surface area contributed by atoms with E-state index in [1.165, 1.54) is 6.07 Å². The molecule has 2 nitrogen and oxygen atoms in total. The highest BCUT2D eigenvalue weighted by molar-refractivity contribution is 5.50. The maximum absolute atomic E-state index is 12.8. The average Bonchev–Trinajstić information content (AvgIpc) is 2.09. The molecule has 2 N–H and O–H groups in total. The molecule has 0 saturated heterocycles. The standard InChI is InChI=1S/C9H4F2N2/c10-7-5-8(11)9(13)4-6(7)2-1-3-12/h4-5H,13H2. The minimum absolute atomic E-state index is 0.0829. The Hall–Kier alpha value is -2.07. The van der Waals surface area contributed by atoms with Crippen molar-refractivity contribution < 1.29 is 8.78 Å². The van der Waals surface area contributed by atoms with Crippen molar-refractivity contribution in [2.75, 3.05) is 5.73 Å². The molecule has 1 aromatic carbocycles. The molecule has 1 aromatic rings. The first-order chi connectivity index (χ1) is 6.15. The van der Waals surface area contributed by atoms with Crippen LogP contribution in [-0.4, -0.2) is 0 Å². The molecule has 0 bridgehead atoms.